The highest BCUT2D eigenvalue weighted by Crippen LogP contribution is 2.28. The number of hydrogen-bond donors (Lipinski definition) is 1. The SMILES string of the molecule is COc1c(N)cccc1CN(C(=O)OC(C)(C)C)C(=O)OC(C)(C)C. The zero-order valence-electron chi connectivity index (χ0n) is 16.0. The fourth-order valence-electron chi connectivity index (χ4n) is 1.99. The third kappa shape index (κ3) is 6.52. The lowest BCUT2D eigenvalue weighted by atomic mass is 10.1. The van der Waals surface area contributed by atoms with Gasteiger partial charge < -0.3 is 19.9 Å². The Labute approximate surface area is 149 Å². The molecule has 0 heterocycles. The summed E-state index contributed by atoms with van der Waals surface area (Å²) in [6, 6.07) is 5.11. The molecule has 7 nitrogen and oxygen atoms in total. The second kappa shape index (κ2) is 7.63. The number of nitrogen functional groups attached to an aromatic ring is 1. The molecule has 0 fully saturated rings. The first kappa shape index (κ1) is 20.6. The van der Waals surface area contributed by atoms with E-state index in [0.29, 0.717) is 17.0 Å². The number of nitrogens with zero attached hydrogens (tertiary/aromatic N) is 1. The van der Waals surface area contributed by atoms with Crippen LogP contribution in [0.4, 0.5) is 15.3 Å². The zero-order valence-corrected chi connectivity index (χ0v) is 16.0. The van der Waals surface area contributed by atoms with E-state index in [1.54, 1.807) is 59.7 Å². The Hall–Kier alpha value is -2.44. The average molecular weight is 352 g/mol. The summed E-state index contributed by atoms with van der Waals surface area (Å²) in [6.07, 6.45) is -1.60. The van der Waals surface area contributed by atoms with Gasteiger partial charge in [0.25, 0.3) is 0 Å². The summed E-state index contributed by atoms with van der Waals surface area (Å²) in [5.41, 5.74) is 5.36. The lowest BCUT2D eigenvalue weighted by Gasteiger charge is -2.29. The molecule has 25 heavy (non-hydrogen) atoms. The molecule has 1 aromatic carbocycles. The summed E-state index contributed by atoms with van der Waals surface area (Å²) < 4.78 is 15.9. The number of para-hydroxylation sites is 1. The summed E-state index contributed by atoms with van der Waals surface area (Å²) in [6.45, 7) is 10.2. The van der Waals surface area contributed by atoms with Crippen molar-refractivity contribution in [1.82, 2.24) is 4.90 Å². The van der Waals surface area contributed by atoms with E-state index in [2.05, 4.69) is 0 Å². The van der Waals surface area contributed by atoms with E-state index in [9.17, 15) is 9.59 Å². The van der Waals surface area contributed by atoms with Gasteiger partial charge in [-0.3, -0.25) is 0 Å². The smallest absolute Gasteiger partial charge is 0.420 e. The van der Waals surface area contributed by atoms with Gasteiger partial charge >= 0.3 is 12.2 Å². The second-order valence-corrected chi connectivity index (χ2v) is 7.59. The molecule has 0 spiro atoms. The second-order valence-electron chi connectivity index (χ2n) is 7.59. The molecule has 0 atom stereocenters. The number of benzene rings is 1. The molecular weight excluding hydrogens is 324 g/mol. The van der Waals surface area contributed by atoms with Crippen molar-refractivity contribution in [3.63, 3.8) is 0 Å². The van der Waals surface area contributed by atoms with Gasteiger partial charge in [0.2, 0.25) is 0 Å². The van der Waals surface area contributed by atoms with Crippen LogP contribution in [0.25, 0.3) is 0 Å². The number of amides is 2. The Morgan fingerprint density at radius 2 is 1.48 bits per heavy atom. The van der Waals surface area contributed by atoms with Crippen molar-refractivity contribution in [3.05, 3.63) is 23.8 Å². The van der Waals surface area contributed by atoms with Gasteiger partial charge in [0, 0.05) is 5.56 Å². The van der Waals surface area contributed by atoms with Gasteiger partial charge in [0.15, 0.2) is 0 Å². The van der Waals surface area contributed by atoms with Crippen LogP contribution in [0.3, 0.4) is 0 Å². The standard InChI is InChI=1S/C18H28N2O5/c1-17(2,3)24-15(21)20(16(22)25-18(4,5)6)11-12-9-8-10-13(19)14(12)23-7/h8-10H,11,19H2,1-7H3. The van der Waals surface area contributed by atoms with Crippen molar-refractivity contribution < 1.29 is 23.8 Å². The largest absolute Gasteiger partial charge is 0.494 e. The van der Waals surface area contributed by atoms with E-state index in [1.165, 1.54) is 7.11 Å². The predicted molar refractivity (Wildman–Crippen MR) is 95.4 cm³/mol. The summed E-state index contributed by atoms with van der Waals surface area (Å²) >= 11 is 0. The van der Waals surface area contributed by atoms with Crippen LogP contribution in [-0.2, 0) is 16.0 Å². The van der Waals surface area contributed by atoms with Crippen LogP contribution < -0.4 is 10.5 Å². The average Bonchev–Trinajstić information content (AvgIpc) is 2.40. The number of methoxy groups -OCH3 is 1. The normalized spacial score (nSPS) is 11.6. The predicted octanol–water partition coefficient (Wildman–Crippen LogP) is 3.95. The molecule has 0 unspecified atom stereocenters. The Morgan fingerprint density at radius 1 is 1.00 bits per heavy atom. The minimum absolute atomic E-state index is 0.0853. The fraction of sp³-hybridized carbons (Fsp3) is 0.556. The molecule has 1 rings (SSSR count). The van der Waals surface area contributed by atoms with Crippen LogP contribution in [0.5, 0.6) is 5.75 Å². The minimum atomic E-state index is -0.800. The maximum Gasteiger partial charge on any atom is 0.420 e. The van der Waals surface area contributed by atoms with Gasteiger partial charge in [-0.25, -0.2) is 14.5 Å². The summed E-state index contributed by atoms with van der Waals surface area (Å²) in [7, 11) is 1.47. The lowest BCUT2D eigenvalue weighted by Crippen LogP contribution is -2.43. The van der Waals surface area contributed by atoms with Crippen LogP contribution in [0.15, 0.2) is 18.2 Å². The van der Waals surface area contributed by atoms with E-state index in [1.807, 2.05) is 0 Å². The van der Waals surface area contributed by atoms with Gasteiger partial charge in [0.05, 0.1) is 19.3 Å². The lowest BCUT2D eigenvalue weighted by molar-refractivity contribution is -0.000328. The number of carbonyl (C=O) groups excluding carboxylic acids is 2. The number of carbonyl (C=O) groups is 2. The van der Waals surface area contributed by atoms with Crippen molar-refractivity contribution in [1.29, 1.82) is 0 Å². The van der Waals surface area contributed by atoms with E-state index >= 15 is 0 Å². The molecule has 0 aliphatic heterocycles. The van der Waals surface area contributed by atoms with E-state index in [-0.39, 0.29) is 6.54 Å². The van der Waals surface area contributed by atoms with Crippen LogP contribution in [0.2, 0.25) is 0 Å². The highest BCUT2D eigenvalue weighted by atomic mass is 16.6. The monoisotopic (exact) mass is 352 g/mol. The van der Waals surface area contributed by atoms with Crippen molar-refractivity contribution in [2.24, 2.45) is 0 Å². The topological polar surface area (TPSA) is 91.1 Å². The van der Waals surface area contributed by atoms with E-state index < -0.39 is 23.4 Å². The first-order chi connectivity index (χ1) is 11.3. The molecule has 0 bridgehead atoms. The molecule has 1 aromatic rings. The molecule has 2 N–H and O–H groups in total. The summed E-state index contributed by atoms with van der Waals surface area (Å²) in [5, 5.41) is 0. The molecule has 0 aromatic heterocycles. The van der Waals surface area contributed by atoms with Gasteiger partial charge in [-0.1, -0.05) is 12.1 Å². The highest BCUT2D eigenvalue weighted by Gasteiger charge is 2.32. The number of imide groups is 1. The third-order valence-electron chi connectivity index (χ3n) is 2.89. The first-order valence-corrected chi connectivity index (χ1v) is 7.99. The number of nitrogens with two attached hydrogens (primary N) is 1. The fourth-order valence-corrected chi connectivity index (χ4v) is 1.99. The molecule has 0 aliphatic rings. The zero-order chi connectivity index (χ0) is 19.4. The number of rotatable bonds is 3. The molecule has 0 aliphatic carbocycles. The van der Waals surface area contributed by atoms with Crippen LogP contribution in [0, 0.1) is 0 Å². The minimum Gasteiger partial charge on any atom is -0.494 e. The summed E-state index contributed by atoms with van der Waals surface area (Å²) in [4.78, 5) is 25.9. The maximum absolute atomic E-state index is 12.5. The maximum atomic E-state index is 12.5. The van der Waals surface area contributed by atoms with E-state index in [4.69, 9.17) is 19.9 Å². The van der Waals surface area contributed by atoms with Crippen molar-refractivity contribution in [2.75, 3.05) is 12.8 Å². The van der Waals surface area contributed by atoms with Crippen molar-refractivity contribution in [2.45, 2.75) is 59.3 Å². The van der Waals surface area contributed by atoms with Crippen LogP contribution in [0.1, 0.15) is 47.1 Å². The van der Waals surface area contributed by atoms with Crippen molar-refractivity contribution in [3.8, 4) is 5.75 Å². The Bertz CT molecular complexity index is 601. The molecule has 140 valence electrons. The summed E-state index contributed by atoms with van der Waals surface area (Å²) in [5.74, 6) is 0.402. The Kier molecular flexibility index (Phi) is 6.29. The number of ether oxygens (including phenoxy) is 3. The van der Waals surface area contributed by atoms with Gasteiger partial charge in [0.1, 0.15) is 17.0 Å². The first-order valence-electron chi connectivity index (χ1n) is 7.99. The van der Waals surface area contributed by atoms with Gasteiger partial charge in [-0.05, 0) is 47.6 Å². The van der Waals surface area contributed by atoms with Gasteiger partial charge in [-0.15, -0.1) is 0 Å². The van der Waals surface area contributed by atoms with Crippen LogP contribution in [-0.4, -0.2) is 35.4 Å². The molecular formula is C18H28N2O5. The molecule has 0 radical (unpaired) electrons. The van der Waals surface area contributed by atoms with E-state index in [0.717, 1.165) is 4.90 Å². The Morgan fingerprint density at radius 3 is 1.88 bits per heavy atom. The van der Waals surface area contributed by atoms with Gasteiger partial charge in [-0.2, -0.15) is 0 Å². The molecule has 2 amide bonds. The Balaban J connectivity index is 3.17. The quantitative estimate of drug-likeness (QED) is 0.828. The third-order valence-corrected chi connectivity index (χ3v) is 2.89. The number of hydrogen-bond acceptors (Lipinski definition) is 6. The highest BCUT2D eigenvalue weighted by molar-refractivity contribution is 5.88. The molecule has 7 heteroatoms. The van der Waals surface area contributed by atoms with Crippen molar-refractivity contribution >= 4 is 17.9 Å². The molecule has 0 saturated carbocycles. The van der Waals surface area contributed by atoms with Crippen LogP contribution >= 0.6 is 0 Å². The number of anilines is 1. The molecule has 0 saturated heterocycles.